The molecule has 0 N–H and O–H groups in total. The van der Waals surface area contributed by atoms with Gasteiger partial charge in [-0.25, -0.2) is 8.42 Å². The van der Waals surface area contributed by atoms with Gasteiger partial charge in [0, 0.05) is 28.0 Å². The number of benzene rings is 2. The number of rotatable bonds is 3. The molecule has 0 spiro atoms. The molecule has 4 rings (SSSR count). The van der Waals surface area contributed by atoms with Crippen LogP contribution in [0.2, 0.25) is 15.1 Å². The summed E-state index contributed by atoms with van der Waals surface area (Å²) >= 11 is 18.2. The Morgan fingerprint density at radius 3 is 2.37 bits per heavy atom. The van der Waals surface area contributed by atoms with Crippen LogP contribution >= 0.6 is 34.8 Å². The summed E-state index contributed by atoms with van der Waals surface area (Å²) in [5.41, 5.74) is 1.52. The number of hydrogen-bond acceptors (Lipinski definition) is 3. The number of amides is 1. The fraction of sp³-hybridized carbons (Fsp3) is 0.316. The number of nitrogens with zero attached hydrogens (tertiary/aromatic N) is 1. The molecule has 1 aliphatic heterocycles. The second-order valence-electron chi connectivity index (χ2n) is 7.08. The molecule has 8 heteroatoms. The molecule has 1 saturated carbocycles. The first-order valence-electron chi connectivity index (χ1n) is 8.42. The number of carbonyl (C=O) groups excluding carboxylic acids is 1. The average Bonchev–Trinajstić information content (AvgIpc) is 3.33. The van der Waals surface area contributed by atoms with Gasteiger partial charge in [-0.05, 0) is 59.9 Å². The highest BCUT2D eigenvalue weighted by Gasteiger charge is 2.48. The maximum Gasteiger partial charge on any atom is 0.226 e. The van der Waals surface area contributed by atoms with E-state index in [2.05, 4.69) is 0 Å². The highest BCUT2D eigenvalue weighted by Crippen LogP contribution is 2.50. The SMILES string of the molecule is CN(C(=O)[C@@H]1C[C@@H]1c1cc(Cl)cc(Cl)c1)[C@@H]1CS(=O)(=O)c2ccc(Cl)cc21. The molecule has 1 fully saturated rings. The third-order valence-corrected chi connectivity index (χ3v) is 7.75. The first-order valence-corrected chi connectivity index (χ1v) is 11.2. The molecule has 0 unspecified atom stereocenters. The Morgan fingerprint density at radius 2 is 1.70 bits per heavy atom. The Labute approximate surface area is 172 Å². The summed E-state index contributed by atoms with van der Waals surface area (Å²) in [7, 11) is -1.77. The fourth-order valence-electron chi connectivity index (χ4n) is 3.81. The van der Waals surface area contributed by atoms with Crippen LogP contribution < -0.4 is 0 Å². The van der Waals surface area contributed by atoms with Crippen molar-refractivity contribution in [1.29, 1.82) is 0 Å². The van der Waals surface area contributed by atoms with E-state index in [1.54, 1.807) is 25.2 Å². The summed E-state index contributed by atoms with van der Waals surface area (Å²) in [6, 6.07) is 9.47. The second kappa shape index (κ2) is 6.66. The zero-order valence-electron chi connectivity index (χ0n) is 14.3. The minimum atomic E-state index is -3.42. The summed E-state index contributed by atoms with van der Waals surface area (Å²) in [5.74, 6) is -0.349. The lowest BCUT2D eigenvalue weighted by atomic mass is 10.1. The third-order valence-electron chi connectivity index (χ3n) is 5.28. The summed E-state index contributed by atoms with van der Waals surface area (Å²) < 4.78 is 24.9. The normalized spacial score (nSPS) is 25.1. The fourth-order valence-corrected chi connectivity index (χ4v) is 6.36. The molecule has 2 aromatic carbocycles. The highest BCUT2D eigenvalue weighted by molar-refractivity contribution is 7.91. The molecular formula is C19H16Cl3NO3S. The van der Waals surface area contributed by atoms with Crippen molar-refractivity contribution in [1.82, 2.24) is 4.90 Å². The standard InChI is InChI=1S/C19H16Cl3NO3S/c1-23(17-9-27(25,26)18-3-2-11(20)7-16(17)18)19(24)15-8-14(15)10-4-12(21)6-13(22)5-10/h2-7,14-15,17H,8-9H2,1H3/t14-,15-,17-/m1/s1. The summed E-state index contributed by atoms with van der Waals surface area (Å²) in [4.78, 5) is 14.8. The van der Waals surface area contributed by atoms with Gasteiger partial charge in [-0.2, -0.15) is 0 Å². The highest BCUT2D eigenvalue weighted by atomic mass is 35.5. The molecule has 1 aliphatic carbocycles. The smallest absolute Gasteiger partial charge is 0.226 e. The van der Waals surface area contributed by atoms with Crippen LogP contribution in [-0.2, 0) is 14.6 Å². The van der Waals surface area contributed by atoms with Crippen molar-refractivity contribution < 1.29 is 13.2 Å². The first kappa shape index (κ1) is 19.1. The topological polar surface area (TPSA) is 54.5 Å². The molecule has 0 aromatic heterocycles. The van der Waals surface area contributed by atoms with Crippen LogP contribution in [0.4, 0.5) is 0 Å². The minimum absolute atomic E-state index is 0.0491. The predicted molar refractivity (Wildman–Crippen MR) is 106 cm³/mol. The zero-order chi connectivity index (χ0) is 19.5. The van der Waals surface area contributed by atoms with E-state index < -0.39 is 15.9 Å². The van der Waals surface area contributed by atoms with Gasteiger partial charge < -0.3 is 4.90 Å². The molecule has 0 radical (unpaired) electrons. The van der Waals surface area contributed by atoms with Crippen LogP contribution in [0.3, 0.4) is 0 Å². The molecule has 2 aromatic rings. The largest absolute Gasteiger partial charge is 0.337 e. The molecule has 3 atom stereocenters. The quantitative estimate of drug-likeness (QED) is 0.687. The van der Waals surface area contributed by atoms with Gasteiger partial charge in [-0.1, -0.05) is 34.8 Å². The van der Waals surface area contributed by atoms with Gasteiger partial charge in [0.25, 0.3) is 0 Å². The summed E-state index contributed by atoms with van der Waals surface area (Å²) in [5, 5.41) is 1.53. The zero-order valence-corrected chi connectivity index (χ0v) is 17.4. The number of carbonyl (C=O) groups is 1. The van der Waals surface area contributed by atoms with Crippen molar-refractivity contribution in [2.75, 3.05) is 12.8 Å². The van der Waals surface area contributed by atoms with E-state index in [9.17, 15) is 13.2 Å². The van der Waals surface area contributed by atoms with E-state index in [1.807, 2.05) is 12.1 Å². The Kier molecular flexibility index (Phi) is 4.70. The molecule has 2 aliphatic rings. The van der Waals surface area contributed by atoms with Crippen molar-refractivity contribution in [2.45, 2.75) is 23.3 Å². The summed E-state index contributed by atoms with van der Waals surface area (Å²) in [6.45, 7) is 0. The average molecular weight is 445 g/mol. The molecule has 27 heavy (non-hydrogen) atoms. The van der Waals surface area contributed by atoms with Crippen molar-refractivity contribution in [3.8, 4) is 0 Å². The van der Waals surface area contributed by atoms with Gasteiger partial charge in [0.1, 0.15) is 0 Å². The van der Waals surface area contributed by atoms with E-state index in [-0.39, 0.29) is 28.4 Å². The Bertz CT molecular complexity index is 1030. The lowest BCUT2D eigenvalue weighted by molar-refractivity contribution is -0.133. The second-order valence-corrected chi connectivity index (χ2v) is 10.4. The third kappa shape index (κ3) is 3.46. The van der Waals surface area contributed by atoms with Gasteiger partial charge >= 0.3 is 0 Å². The van der Waals surface area contributed by atoms with E-state index in [0.717, 1.165) is 5.56 Å². The molecule has 1 amide bonds. The molecule has 0 saturated heterocycles. The van der Waals surface area contributed by atoms with Crippen LogP contribution in [0.25, 0.3) is 0 Å². The van der Waals surface area contributed by atoms with Crippen molar-refractivity contribution in [3.05, 3.63) is 62.6 Å². The molecule has 1 heterocycles. The van der Waals surface area contributed by atoms with E-state index >= 15 is 0 Å². The van der Waals surface area contributed by atoms with E-state index in [1.165, 1.54) is 11.0 Å². The van der Waals surface area contributed by atoms with Crippen LogP contribution in [0.5, 0.6) is 0 Å². The maximum atomic E-state index is 13.0. The van der Waals surface area contributed by atoms with Gasteiger partial charge in [0.05, 0.1) is 16.7 Å². The van der Waals surface area contributed by atoms with Crippen LogP contribution in [0, 0.1) is 5.92 Å². The van der Waals surface area contributed by atoms with E-state index in [0.29, 0.717) is 27.1 Å². The molecule has 0 bridgehead atoms. The molecular weight excluding hydrogens is 429 g/mol. The van der Waals surface area contributed by atoms with Crippen molar-refractivity contribution in [3.63, 3.8) is 0 Å². The van der Waals surface area contributed by atoms with Crippen LogP contribution in [0.1, 0.15) is 29.5 Å². The number of sulfone groups is 1. The van der Waals surface area contributed by atoms with Crippen LogP contribution in [-0.4, -0.2) is 32.0 Å². The monoisotopic (exact) mass is 443 g/mol. The molecule has 142 valence electrons. The van der Waals surface area contributed by atoms with Gasteiger partial charge in [0.2, 0.25) is 5.91 Å². The van der Waals surface area contributed by atoms with Crippen molar-refractivity contribution in [2.24, 2.45) is 5.92 Å². The number of fused-ring (bicyclic) bond motifs is 1. The molecule has 4 nitrogen and oxygen atoms in total. The Hall–Kier alpha value is -1.27. The number of halogens is 3. The Morgan fingerprint density at radius 1 is 1.04 bits per heavy atom. The van der Waals surface area contributed by atoms with Crippen molar-refractivity contribution >= 4 is 50.5 Å². The first-order chi connectivity index (χ1) is 12.7. The van der Waals surface area contributed by atoms with E-state index in [4.69, 9.17) is 34.8 Å². The van der Waals surface area contributed by atoms with Gasteiger partial charge in [-0.15, -0.1) is 0 Å². The lowest BCUT2D eigenvalue weighted by Crippen LogP contribution is -2.33. The van der Waals surface area contributed by atoms with Gasteiger partial charge in [-0.3, -0.25) is 4.79 Å². The van der Waals surface area contributed by atoms with Gasteiger partial charge in [0.15, 0.2) is 9.84 Å². The lowest BCUT2D eigenvalue weighted by Gasteiger charge is -2.25. The Balaban J connectivity index is 1.57. The minimum Gasteiger partial charge on any atom is -0.337 e. The summed E-state index contributed by atoms with van der Waals surface area (Å²) in [6.07, 6.45) is 0.696. The number of hydrogen-bond donors (Lipinski definition) is 0. The van der Waals surface area contributed by atoms with Crippen LogP contribution in [0.15, 0.2) is 41.3 Å². The predicted octanol–water partition coefficient (Wildman–Crippen LogP) is 4.74. The maximum absolute atomic E-state index is 13.0.